The van der Waals surface area contributed by atoms with Crippen molar-refractivity contribution in [2.45, 2.75) is 32.6 Å². The Bertz CT molecular complexity index is 397. The second-order valence-electron chi connectivity index (χ2n) is 4.81. The average molecular weight is 252 g/mol. The van der Waals surface area contributed by atoms with Crippen LogP contribution in [0.2, 0.25) is 0 Å². The third-order valence-corrected chi connectivity index (χ3v) is 3.67. The van der Waals surface area contributed by atoms with E-state index in [0.717, 1.165) is 31.8 Å². The lowest BCUT2D eigenvalue weighted by molar-refractivity contribution is 0.459. The predicted octanol–water partition coefficient (Wildman–Crippen LogP) is 2.67. The van der Waals surface area contributed by atoms with E-state index in [4.69, 9.17) is 0 Å². The van der Waals surface area contributed by atoms with Crippen LogP contribution < -0.4 is 10.2 Å². The van der Waals surface area contributed by atoms with Crippen LogP contribution in [0, 0.1) is 11.7 Å². The lowest BCUT2D eigenvalue weighted by Gasteiger charge is -2.22. The molecule has 1 aromatic rings. The van der Waals surface area contributed by atoms with Gasteiger partial charge >= 0.3 is 0 Å². The fraction of sp³-hybridized carbons (Fsp3) is 0.692. The lowest BCUT2D eigenvalue weighted by Crippen LogP contribution is -2.26. The topological polar surface area (TPSA) is 41.1 Å². The SMILES string of the molecule is CCC1CCCN(c2nc(NC)ncc2F)CC1. The third-order valence-electron chi connectivity index (χ3n) is 3.67. The molecule has 1 atom stereocenters. The maximum Gasteiger partial charge on any atom is 0.224 e. The van der Waals surface area contributed by atoms with Gasteiger partial charge in [-0.2, -0.15) is 4.98 Å². The van der Waals surface area contributed by atoms with Crippen molar-refractivity contribution < 1.29 is 4.39 Å². The second kappa shape index (κ2) is 5.98. The zero-order chi connectivity index (χ0) is 13.0. The van der Waals surface area contributed by atoms with E-state index >= 15 is 0 Å². The Hall–Kier alpha value is -1.39. The Balaban J connectivity index is 2.15. The largest absolute Gasteiger partial charge is 0.357 e. The first-order valence-corrected chi connectivity index (χ1v) is 6.69. The van der Waals surface area contributed by atoms with Crippen molar-refractivity contribution >= 4 is 11.8 Å². The van der Waals surface area contributed by atoms with Crippen molar-refractivity contribution in [2.24, 2.45) is 5.92 Å². The number of anilines is 2. The molecule has 1 aliphatic heterocycles. The molecule has 2 heterocycles. The standard InChI is InChI=1S/C13H21FN4/c1-3-10-5-4-7-18(8-6-10)12-11(14)9-16-13(15-2)17-12/h9-10H,3-8H2,1-2H3,(H,15,16,17). The first-order valence-electron chi connectivity index (χ1n) is 6.69. The van der Waals surface area contributed by atoms with Gasteiger partial charge in [-0.1, -0.05) is 13.3 Å². The van der Waals surface area contributed by atoms with Gasteiger partial charge in [0.05, 0.1) is 6.20 Å². The molecule has 18 heavy (non-hydrogen) atoms. The molecule has 0 spiro atoms. The van der Waals surface area contributed by atoms with E-state index in [9.17, 15) is 4.39 Å². The number of hydrogen-bond donors (Lipinski definition) is 1. The van der Waals surface area contributed by atoms with Gasteiger partial charge in [-0.05, 0) is 25.2 Å². The van der Waals surface area contributed by atoms with Crippen LogP contribution in [0.3, 0.4) is 0 Å². The molecule has 1 fully saturated rings. The molecule has 5 heteroatoms. The van der Waals surface area contributed by atoms with Crippen LogP contribution in [-0.2, 0) is 0 Å². The number of hydrogen-bond acceptors (Lipinski definition) is 4. The summed E-state index contributed by atoms with van der Waals surface area (Å²) >= 11 is 0. The van der Waals surface area contributed by atoms with Crippen molar-refractivity contribution in [1.29, 1.82) is 0 Å². The highest BCUT2D eigenvalue weighted by Gasteiger charge is 2.19. The monoisotopic (exact) mass is 252 g/mol. The Kier molecular flexibility index (Phi) is 4.33. The zero-order valence-electron chi connectivity index (χ0n) is 11.1. The van der Waals surface area contributed by atoms with E-state index in [1.165, 1.54) is 19.0 Å². The molecule has 0 bridgehead atoms. The smallest absolute Gasteiger partial charge is 0.224 e. The fourth-order valence-electron chi connectivity index (χ4n) is 2.49. The molecule has 2 rings (SSSR count). The van der Waals surface area contributed by atoms with Crippen LogP contribution >= 0.6 is 0 Å². The van der Waals surface area contributed by atoms with E-state index in [2.05, 4.69) is 22.2 Å². The van der Waals surface area contributed by atoms with Crippen LogP contribution in [0.5, 0.6) is 0 Å². The van der Waals surface area contributed by atoms with Crippen molar-refractivity contribution in [3.05, 3.63) is 12.0 Å². The summed E-state index contributed by atoms with van der Waals surface area (Å²) in [5.41, 5.74) is 0. The number of nitrogens with one attached hydrogen (secondary N) is 1. The number of nitrogens with zero attached hydrogens (tertiary/aromatic N) is 3. The Morgan fingerprint density at radius 1 is 1.44 bits per heavy atom. The number of halogens is 1. The number of aromatic nitrogens is 2. The molecule has 4 nitrogen and oxygen atoms in total. The van der Waals surface area contributed by atoms with Crippen molar-refractivity contribution in [3.8, 4) is 0 Å². The maximum absolute atomic E-state index is 13.8. The molecular weight excluding hydrogens is 231 g/mol. The van der Waals surface area contributed by atoms with Crippen LogP contribution in [-0.4, -0.2) is 30.1 Å². The summed E-state index contributed by atoms with van der Waals surface area (Å²) in [6.45, 7) is 3.99. The summed E-state index contributed by atoms with van der Waals surface area (Å²) in [6.07, 6.45) is 5.92. The van der Waals surface area contributed by atoms with E-state index in [1.807, 2.05) is 4.90 Å². The van der Waals surface area contributed by atoms with Crippen molar-refractivity contribution in [2.75, 3.05) is 30.4 Å². The van der Waals surface area contributed by atoms with Crippen LogP contribution in [0.25, 0.3) is 0 Å². The van der Waals surface area contributed by atoms with Gasteiger partial charge in [0.15, 0.2) is 11.6 Å². The Labute approximate surface area is 108 Å². The summed E-state index contributed by atoms with van der Waals surface area (Å²) in [7, 11) is 1.74. The van der Waals surface area contributed by atoms with Crippen LogP contribution in [0.4, 0.5) is 16.2 Å². The highest BCUT2D eigenvalue weighted by atomic mass is 19.1. The van der Waals surface area contributed by atoms with Gasteiger partial charge in [0.2, 0.25) is 5.95 Å². The quantitative estimate of drug-likeness (QED) is 0.898. The van der Waals surface area contributed by atoms with E-state index in [1.54, 1.807) is 7.05 Å². The molecule has 0 amide bonds. The first kappa shape index (κ1) is 13.1. The van der Waals surface area contributed by atoms with E-state index in [0.29, 0.717) is 11.8 Å². The normalized spacial score (nSPS) is 20.6. The summed E-state index contributed by atoms with van der Waals surface area (Å²) < 4.78 is 13.8. The van der Waals surface area contributed by atoms with Gasteiger partial charge in [0.25, 0.3) is 0 Å². The van der Waals surface area contributed by atoms with Gasteiger partial charge in [0, 0.05) is 20.1 Å². The number of rotatable bonds is 3. The molecule has 0 radical (unpaired) electrons. The fourth-order valence-corrected chi connectivity index (χ4v) is 2.49. The molecule has 0 aromatic carbocycles. The molecule has 0 aliphatic carbocycles. The molecule has 1 aromatic heterocycles. The molecule has 1 aliphatic rings. The van der Waals surface area contributed by atoms with E-state index in [-0.39, 0.29) is 5.82 Å². The second-order valence-corrected chi connectivity index (χ2v) is 4.81. The highest BCUT2D eigenvalue weighted by Crippen LogP contribution is 2.25. The lowest BCUT2D eigenvalue weighted by atomic mass is 9.98. The molecule has 1 N–H and O–H groups in total. The minimum Gasteiger partial charge on any atom is -0.357 e. The van der Waals surface area contributed by atoms with Gasteiger partial charge in [0.1, 0.15) is 0 Å². The van der Waals surface area contributed by atoms with Gasteiger partial charge in [-0.3, -0.25) is 0 Å². The minimum atomic E-state index is -0.330. The van der Waals surface area contributed by atoms with Crippen molar-refractivity contribution in [1.82, 2.24) is 9.97 Å². The zero-order valence-corrected chi connectivity index (χ0v) is 11.1. The van der Waals surface area contributed by atoms with Crippen LogP contribution in [0.15, 0.2) is 6.20 Å². The summed E-state index contributed by atoms with van der Waals surface area (Å²) in [6, 6.07) is 0. The van der Waals surface area contributed by atoms with Gasteiger partial charge < -0.3 is 10.2 Å². The molecule has 1 saturated heterocycles. The highest BCUT2D eigenvalue weighted by molar-refractivity contribution is 5.43. The summed E-state index contributed by atoms with van der Waals surface area (Å²) in [4.78, 5) is 10.2. The molecule has 0 saturated carbocycles. The molecule has 100 valence electrons. The van der Waals surface area contributed by atoms with Gasteiger partial charge in [-0.15, -0.1) is 0 Å². The predicted molar refractivity (Wildman–Crippen MR) is 71.4 cm³/mol. The first-order chi connectivity index (χ1) is 8.74. The Morgan fingerprint density at radius 3 is 3.00 bits per heavy atom. The minimum absolute atomic E-state index is 0.330. The average Bonchev–Trinajstić information content (AvgIpc) is 2.64. The Morgan fingerprint density at radius 2 is 2.28 bits per heavy atom. The van der Waals surface area contributed by atoms with Gasteiger partial charge in [-0.25, -0.2) is 9.37 Å². The molecular formula is C13H21FN4. The van der Waals surface area contributed by atoms with Crippen molar-refractivity contribution in [3.63, 3.8) is 0 Å². The molecule has 1 unspecified atom stereocenters. The van der Waals surface area contributed by atoms with Crippen LogP contribution in [0.1, 0.15) is 32.6 Å². The summed E-state index contributed by atoms with van der Waals surface area (Å²) in [5.74, 6) is 1.35. The summed E-state index contributed by atoms with van der Waals surface area (Å²) in [5, 5.41) is 2.85. The van der Waals surface area contributed by atoms with E-state index < -0.39 is 0 Å². The third kappa shape index (κ3) is 2.89. The maximum atomic E-state index is 13.8.